The fraction of sp³-hybridized carbons (Fsp3) is 0.409. The van der Waals surface area contributed by atoms with Gasteiger partial charge in [-0.2, -0.15) is 0 Å². The molecule has 1 amide bonds. The summed E-state index contributed by atoms with van der Waals surface area (Å²) in [6.07, 6.45) is 0.721. The number of rotatable bonds is 4. The van der Waals surface area contributed by atoms with Gasteiger partial charge in [0.25, 0.3) is 5.91 Å². The molecule has 1 heterocycles. The van der Waals surface area contributed by atoms with Gasteiger partial charge in [0, 0.05) is 12.0 Å². The number of benzene rings is 2. The second kappa shape index (κ2) is 7.02. The van der Waals surface area contributed by atoms with Gasteiger partial charge in [0.1, 0.15) is 17.1 Å². The molecule has 0 bridgehead atoms. The van der Waals surface area contributed by atoms with E-state index in [4.69, 9.17) is 9.47 Å². The maximum atomic E-state index is 12.5. The predicted octanol–water partition coefficient (Wildman–Crippen LogP) is 4.41. The van der Waals surface area contributed by atoms with Crippen LogP contribution in [0.1, 0.15) is 48.6 Å². The molecule has 0 saturated carbocycles. The highest BCUT2D eigenvalue weighted by Crippen LogP contribution is 2.39. The second-order valence-corrected chi connectivity index (χ2v) is 7.78. The van der Waals surface area contributed by atoms with Crippen LogP contribution >= 0.6 is 0 Å². The number of amides is 1. The Morgan fingerprint density at radius 1 is 1.15 bits per heavy atom. The minimum absolute atomic E-state index is 0.00281. The number of aryl methyl sites for hydroxylation is 3. The van der Waals surface area contributed by atoms with Crippen LogP contribution in [0.4, 0.5) is 0 Å². The molecule has 26 heavy (non-hydrogen) atoms. The van der Waals surface area contributed by atoms with Gasteiger partial charge in [-0.1, -0.05) is 35.4 Å². The molecule has 0 saturated heterocycles. The Hall–Kier alpha value is -2.49. The molecular weight excluding hydrogens is 326 g/mol. The molecule has 2 aromatic rings. The molecule has 1 aliphatic rings. The molecule has 0 spiro atoms. The molecule has 0 fully saturated rings. The van der Waals surface area contributed by atoms with E-state index in [2.05, 4.69) is 11.4 Å². The van der Waals surface area contributed by atoms with Crippen molar-refractivity contribution in [2.45, 2.75) is 52.7 Å². The fourth-order valence-electron chi connectivity index (χ4n) is 3.44. The SMILES string of the molecule is Cc1ccc(OCC(=O)N[C@@H]2CC(C)(C)Oc3ccc(C)cc32)c(C)c1. The van der Waals surface area contributed by atoms with Crippen LogP contribution in [0, 0.1) is 20.8 Å². The third kappa shape index (κ3) is 4.18. The zero-order valence-electron chi connectivity index (χ0n) is 16.2. The van der Waals surface area contributed by atoms with Crippen molar-refractivity contribution >= 4 is 5.91 Å². The molecule has 4 nitrogen and oxygen atoms in total. The van der Waals surface area contributed by atoms with E-state index in [1.54, 1.807) is 0 Å². The lowest BCUT2D eigenvalue weighted by Crippen LogP contribution is -2.42. The lowest BCUT2D eigenvalue weighted by molar-refractivity contribution is -0.124. The summed E-state index contributed by atoms with van der Waals surface area (Å²) in [7, 11) is 0. The zero-order chi connectivity index (χ0) is 18.9. The number of nitrogens with one attached hydrogen (secondary N) is 1. The Morgan fingerprint density at radius 2 is 1.85 bits per heavy atom. The van der Waals surface area contributed by atoms with E-state index < -0.39 is 0 Å². The second-order valence-electron chi connectivity index (χ2n) is 7.78. The summed E-state index contributed by atoms with van der Waals surface area (Å²) in [6, 6.07) is 12.0. The van der Waals surface area contributed by atoms with E-state index in [-0.39, 0.29) is 24.2 Å². The summed E-state index contributed by atoms with van der Waals surface area (Å²) in [5.74, 6) is 1.46. The lowest BCUT2D eigenvalue weighted by Gasteiger charge is -2.38. The summed E-state index contributed by atoms with van der Waals surface area (Å²) < 4.78 is 11.8. The van der Waals surface area contributed by atoms with Crippen molar-refractivity contribution in [1.82, 2.24) is 5.32 Å². The number of hydrogen-bond donors (Lipinski definition) is 1. The van der Waals surface area contributed by atoms with E-state index in [1.807, 2.05) is 65.0 Å². The topological polar surface area (TPSA) is 47.6 Å². The molecule has 0 radical (unpaired) electrons. The average Bonchev–Trinajstić information content (AvgIpc) is 2.54. The first-order chi connectivity index (χ1) is 12.2. The molecule has 1 N–H and O–H groups in total. The van der Waals surface area contributed by atoms with Gasteiger partial charge in [-0.15, -0.1) is 0 Å². The Morgan fingerprint density at radius 3 is 2.58 bits per heavy atom. The van der Waals surface area contributed by atoms with E-state index in [0.717, 1.165) is 34.6 Å². The van der Waals surface area contributed by atoms with Crippen LogP contribution in [0.15, 0.2) is 36.4 Å². The van der Waals surface area contributed by atoms with Crippen LogP contribution in [0.25, 0.3) is 0 Å². The van der Waals surface area contributed by atoms with Gasteiger partial charge in [0.2, 0.25) is 0 Å². The average molecular weight is 353 g/mol. The molecule has 1 atom stereocenters. The van der Waals surface area contributed by atoms with Gasteiger partial charge in [0.05, 0.1) is 6.04 Å². The first-order valence-electron chi connectivity index (χ1n) is 9.02. The maximum absolute atomic E-state index is 12.5. The smallest absolute Gasteiger partial charge is 0.258 e. The Kier molecular flexibility index (Phi) is 4.94. The maximum Gasteiger partial charge on any atom is 0.258 e. The molecule has 0 aliphatic carbocycles. The predicted molar refractivity (Wildman–Crippen MR) is 103 cm³/mol. The fourth-order valence-corrected chi connectivity index (χ4v) is 3.44. The molecule has 3 rings (SSSR count). The van der Waals surface area contributed by atoms with Gasteiger partial charge in [-0.3, -0.25) is 4.79 Å². The molecule has 2 aromatic carbocycles. The molecule has 0 unspecified atom stereocenters. The van der Waals surface area contributed by atoms with E-state index in [9.17, 15) is 4.79 Å². The number of carbonyl (C=O) groups excluding carboxylic acids is 1. The minimum Gasteiger partial charge on any atom is -0.487 e. The van der Waals surface area contributed by atoms with Crippen molar-refractivity contribution in [3.05, 3.63) is 58.7 Å². The highest BCUT2D eigenvalue weighted by atomic mass is 16.5. The van der Waals surface area contributed by atoms with E-state index >= 15 is 0 Å². The number of fused-ring (bicyclic) bond motifs is 1. The van der Waals surface area contributed by atoms with Crippen molar-refractivity contribution < 1.29 is 14.3 Å². The lowest BCUT2D eigenvalue weighted by atomic mass is 9.89. The Balaban J connectivity index is 1.70. The number of carbonyl (C=O) groups is 1. The minimum atomic E-state index is -0.325. The van der Waals surface area contributed by atoms with Gasteiger partial charge in [0.15, 0.2) is 6.61 Å². The van der Waals surface area contributed by atoms with Crippen LogP contribution in [0.5, 0.6) is 11.5 Å². The van der Waals surface area contributed by atoms with Crippen molar-refractivity contribution in [3.63, 3.8) is 0 Å². The van der Waals surface area contributed by atoms with E-state index in [1.165, 1.54) is 5.56 Å². The first-order valence-corrected chi connectivity index (χ1v) is 9.02. The summed E-state index contributed by atoms with van der Waals surface area (Å²) >= 11 is 0. The molecule has 4 heteroatoms. The Bertz CT molecular complexity index is 826. The van der Waals surface area contributed by atoms with Crippen LogP contribution in [0.3, 0.4) is 0 Å². The highest BCUT2D eigenvalue weighted by molar-refractivity contribution is 5.78. The highest BCUT2D eigenvalue weighted by Gasteiger charge is 2.34. The van der Waals surface area contributed by atoms with Crippen LogP contribution in [-0.2, 0) is 4.79 Å². The molecule has 0 aromatic heterocycles. The van der Waals surface area contributed by atoms with Crippen molar-refractivity contribution in [1.29, 1.82) is 0 Å². The molecular formula is C22H27NO3. The van der Waals surface area contributed by atoms with E-state index in [0.29, 0.717) is 0 Å². The third-order valence-electron chi connectivity index (χ3n) is 4.65. The summed E-state index contributed by atoms with van der Waals surface area (Å²) in [6.45, 7) is 10.2. The van der Waals surface area contributed by atoms with Gasteiger partial charge < -0.3 is 14.8 Å². The number of hydrogen-bond acceptors (Lipinski definition) is 3. The van der Waals surface area contributed by atoms with Crippen molar-refractivity contribution in [2.75, 3.05) is 6.61 Å². The largest absolute Gasteiger partial charge is 0.487 e. The van der Waals surface area contributed by atoms with Crippen LogP contribution in [0.2, 0.25) is 0 Å². The summed E-state index contributed by atoms with van der Waals surface area (Å²) in [5.41, 5.74) is 4.07. The standard InChI is InChI=1S/C22H27NO3/c1-14-6-8-19(16(3)10-14)25-13-21(24)23-18-12-22(4,5)26-20-9-7-15(2)11-17(18)20/h6-11,18H,12-13H2,1-5H3,(H,23,24)/t18-/m1/s1. The number of ether oxygens (including phenoxy) is 2. The van der Waals surface area contributed by atoms with Crippen molar-refractivity contribution in [2.24, 2.45) is 0 Å². The van der Waals surface area contributed by atoms with Gasteiger partial charge >= 0.3 is 0 Å². The van der Waals surface area contributed by atoms with Gasteiger partial charge in [-0.25, -0.2) is 0 Å². The molecule has 138 valence electrons. The first kappa shape index (κ1) is 18.3. The Labute approximate surface area is 155 Å². The summed E-state index contributed by atoms with van der Waals surface area (Å²) in [4.78, 5) is 12.5. The van der Waals surface area contributed by atoms with Crippen LogP contribution < -0.4 is 14.8 Å². The van der Waals surface area contributed by atoms with Gasteiger partial charge in [-0.05, 0) is 52.3 Å². The monoisotopic (exact) mass is 353 g/mol. The third-order valence-corrected chi connectivity index (χ3v) is 4.65. The van der Waals surface area contributed by atoms with Crippen molar-refractivity contribution in [3.8, 4) is 11.5 Å². The zero-order valence-corrected chi connectivity index (χ0v) is 16.2. The molecule has 1 aliphatic heterocycles. The summed E-state index contributed by atoms with van der Waals surface area (Å²) in [5, 5.41) is 3.12. The van der Waals surface area contributed by atoms with Crippen LogP contribution in [-0.4, -0.2) is 18.1 Å². The quantitative estimate of drug-likeness (QED) is 0.886. The normalized spacial score (nSPS) is 17.8.